The number of benzene rings is 2. The number of hydrogen-bond acceptors (Lipinski definition) is 5. The van der Waals surface area contributed by atoms with Gasteiger partial charge in [0.25, 0.3) is 17.4 Å². The molecule has 0 saturated carbocycles. The standard InChI is InChI=1S/C24H23N5O3/c1-2-3-8-15-29-24(32)18-11-6-5-10-17(18)21(28-29)23(31)27-26-22(30)20-14-13-16-9-4-7-12-19(16)25-20/h4-7,9-14H,2-3,8,15H2,1H3,(H,26,30)(H,27,31). The van der Waals surface area contributed by atoms with Gasteiger partial charge in [0, 0.05) is 17.3 Å². The van der Waals surface area contributed by atoms with Crippen molar-refractivity contribution in [3.05, 3.63) is 82.4 Å². The summed E-state index contributed by atoms with van der Waals surface area (Å²) in [6, 6.07) is 17.6. The Morgan fingerprint density at radius 2 is 1.59 bits per heavy atom. The second-order valence-electron chi connectivity index (χ2n) is 7.43. The number of para-hydroxylation sites is 1. The number of rotatable bonds is 6. The molecule has 0 atom stereocenters. The number of carbonyl (C=O) groups excluding carboxylic acids is 2. The lowest BCUT2D eigenvalue weighted by molar-refractivity contribution is 0.0841. The topological polar surface area (TPSA) is 106 Å². The molecule has 8 heteroatoms. The zero-order valence-electron chi connectivity index (χ0n) is 17.7. The first-order valence-corrected chi connectivity index (χ1v) is 10.5. The van der Waals surface area contributed by atoms with Crippen molar-refractivity contribution in [1.82, 2.24) is 25.6 Å². The van der Waals surface area contributed by atoms with Crippen LogP contribution >= 0.6 is 0 Å². The van der Waals surface area contributed by atoms with Gasteiger partial charge in [0.2, 0.25) is 0 Å². The van der Waals surface area contributed by atoms with E-state index in [1.165, 1.54) is 4.68 Å². The summed E-state index contributed by atoms with van der Waals surface area (Å²) in [5.41, 5.74) is 5.47. The second-order valence-corrected chi connectivity index (χ2v) is 7.43. The Morgan fingerprint density at radius 1 is 0.875 bits per heavy atom. The van der Waals surface area contributed by atoms with Gasteiger partial charge in [-0.15, -0.1) is 0 Å². The van der Waals surface area contributed by atoms with E-state index in [0.717, 1.165) is 24.6 Å². The molecular weight excluding hydrogens is 406 g/mol. The van der Waals surface area contributed by atoms with E-state index in [9.17, 15) is 14.4 Å². The van der Waals surface area contributed by atoms with E-state index in [2.05, 4.69) is 27.9 Å². The van der Waals surface area contributed by atoms with Crippen molar-refractivity contribution in [2.24, 2.45) is 0 Å². The maximum atomic E-state index is 12.9. The summed E-state index contributed by atoms with van der Waals surface area (Å²) in [6.07, 6.45) is 2.75. The number of carbonyl (C=O) groups is 2. The molecule has 32 heavy (non-hydrogen) atoms. The number of fused-ring (bicyclic) bond motifs is 2. The monoisotopic (exact) mass is 429 g/mol. The summed E-state index contributed by atoms with van der Waals surface area (Å²) in [4.78, 5) is 42.5. The van der Waals surface area contributed by atoms with E-state index in [1.54, 1.807) is 36.4 Å². The lowest BCUT2D eigenvalue weighted by Crippen LogP contribution is -2.43. The third-order valence-corrected chi connectivity index (χ3v) is 5.18. The normalized spacial score (nSPS) is 10.9. The first-order valence-electron chi connectivity index (χ1n) is 10.5. The van der Waals surface area contributed by atoms with E-state index in [0.29, 0.717) is 22.8 Å². The Labute approximate surface area is 184 Å². The van der Waals surface area contributed by atoms with E-state index in [-0.39, 0.29) is 16.9 Å². The van der Waals surface area contributed by atoms with E-state index >= 15 is 0 Å². The van der Waals surface area contributed by atoms with Gasteiger partial charge >= 0.3 is 0 Å². The first-order chi connectivity index (χ1) is 15.6. The number of nitrogens with one attached hydrogen (secondary N) is 2. The fourth-order valence-corrected chi connectivity index (χ4v) is 3.50. The highest BCUT2D eigenvalue weighted by atomic mass is 16.2. The van der Waals surface area contributed by atoms with Crippen LogP contribution in [0.5, 0.6) is 0 Å². The molecule has 4 aromatic rings. The van der Waals surface area contributed by atoms with Gasteiger partial charge < -0.3 is 0 Å². The van der Waals surface area contributed by atoms with E-state index < -0.39 is 11.8 Å². The number of aromatic nitrogens is 3. The largest absolute Gasteiger partial charge is 0.290 e. The number of hydrazine groups is 1. The minimum atomic E-state index is -0.611. The van der Waals surface area contributed by atoms with Crippen LogP contribution in [0.1, 0.15) is 47.2 Å². The Kier molecular flexibility index (Phi) is 6.21. The van der Waals surface area contributed by atoms with Crippen LogP contribution in [0.25, 0.3) is 21.7 Å². The van der Waals surface area contributed by atoms with Crippen LogP contribution in [0.4, 0.5) is 0 Å². The molecular formula is C24H23N5O3. The van der Waals surface area contributed by atoms with Crippen molar-refractivity contribution in [2.45, 2.75) is 32.7 Å². The zero-order chi connectivity index (χ0) is 22.5. The lowest BCUT2D eigenvalue weighted by atomic mass is 10.1. The molecule has 162 valence electrons. The van der Waals surface area contributed by atoms with Crippen LogP contribution in [-0.2, 0) is 6.54 Å². The summed E-state index contributed by atoms with van der Waals surface area (Å²) in [7, 11) is 0. The smallest absolute Gasteiger partial charge is 0.267 e. The Morgan fingerprint density at radius 3 is 2.41 bits per heavy atom. The van der Waals surface area contributed by atoms with Crippen LogP contribution in [0.2, 0.25) is 0 Å². The molecule has 2 N–H and O–H groups in total. The third kappa shape index (κ3) is 4.34. The zero-order valence-corrected chi connectivity index (χ0v) is 17.7. The van der Waals surface area contributed by atoms with Crippen molar-refractivity contribution in [2.75, 3.05) is 0 Å². The molecule has 2 amide bonds. The number of hydrogen-bond donors (Lipinski definition) is 2. The molecule has 2 aromatic heterocycles. The van der Waals surface area contributed by atoms with Gasteiger partial charge in [0.15, 0.2) is 5.69 Å². The van der Waals surface area contributed by atoms with Gasteiger partial charge in [-0.2, -0.15) is 5.10 Å². The van der Waals surface area contributed by atoms with E-state index in [4.69, 9.17) is 0 Å². The van der Waals surface area contributed by atoms with Crippen LogP contribution in [0, 0.1) is 0 Å². The highest BCUT2D eigenvalue weighted by Gasteiger charge is 2.18. The van der Waals surface area contributed by atoms with Crippen molar-refractivity contribution in [3.8, 4) is 0 Å². The van der Waals surface area contributed by atoms with Gasteiger partial charge in [-0.25, -0.2) is 9.67 Å². The molecule has 0 saturated heterocycles. The number of unbranched alkanes of at least 4 members (excludes halogenated alkanes) is 2. The second kappa shape index (κ2) is 9.38. The van der Waals surface area contributed by atoms with E-state index in [1.807, 2.05) is 24.3 Å². The highest BCUT2D eigenvalue weighted by Crippen LogP contribution is 2.14. The van der Waals surface area contributed by atoms with Crippen LogP contribution in [0.15, 0.2) is 65.5 Å². The molecule has 0 fully saturated rings. The molecule has 8 nitrogen and oxygen atoms in total. The fraction of sp³-hybridized carbons (Fsp3) is 0.208. The van der Waals surface area contributed by atoms with Gasteiger partial charge in [-0.1, -0.05) is 62.2 Å². The van der Waals surface area contributed by atoms with Crippen LogP contribution in [0.3, 0.4) is 0 Å². The number of aryl methyl sites for hydroxylation is 1. The number of amides is 2. The molecule has 2 aromatic carbocycles. The summed E-state index contributed by atoms with van der Waals surface area (Å²) in [5, 5.41) is 6.04. The minimum absolute atomic E-state index is 0.0727. The Bertz CT molecular complexity index is 1360. The summed E-state index contributed by atoms with van der Waals surface area (Å²) in [5.74, 6) is -1.16. The quantitative estimate of drug-likeness (QED) is 0.362. The molecule has 0 unspecified atom stereocenters. The third-order valence-electron chi connectivity index (χ3n) is 5.18. The molecule has 0 aliphatic carbocycles. The van der Waals surface area contributed by atoms with Crippen LogP contribution < -0.4 is 16.4 Å². The lowest BCUT2D eigenvalue weighted by Gasteiger charge is -2.12. The SMILES string of the molecule is CCCCCn1nc(C(=O)NNC(=O)c2ccc3ccccc3n2)c2ccccc2c1=O. The Hall–Kier alpha value is -4.07. The molecule has 2 heterocycles. The van der Waals surface area contributed by atoms with Gasteiger partial charge in [0.05, 0.1) is 10.9 Å². The molecule has 0 aliphatic rings. The first kappa shape index (κ1) is 21.2. The predicted molar refractivity (Wildman–Crippen MR) is 122 cm³/mol. The van der Waals surface area contributed by atoms with Crippen molar-refractivity contribution in [3.63, 3.8) is 0 Å². The van der Waals surface area contributed by atoms with Gasteiger partial charge in [0.1, 0.15) is 5.69 Å². The molecule has 0 radical (unpaired) electrons. The molecule has 0 spiro atoms. The van der Waals surface area contributed by atoms with Gasteiger partial charge in [-0.05, 0) is 24.6 Å². The van der Waals surface area contributed by atoms with Gasteiger partial charge in [-0.3, -0.25) is 25.2 Å². The Balaban J connectivity index is 1.56. The van der Waals surface area contributed by atoms with Crippen molar-refractivity contribution in [1.29, 1.82) is 0 Å². The van der Waals surface area contributed by atoms with Crippen molar-refractivity contribution < 1.29 is 9.59 Å². The summed E-state index contributed by atoms with van der Waals surface area (Å²) >= 11 is 0. The van der Waals surface area contributed by atoms with Crippen LogP contribution in [-0.4, -0.2) is 26.6 Å². The number of pyridine rings is 1. The average molecular weight is 429 g/mol. The molecule has 0 aliphatic heterocycles. The predicted octanol–water partition coefficient (Wildman–Crippen LogP) is 3.21. The fourth-order valence-electron chi connectivity index (χ4n) is 3.50. The number of nitrogens with zero attached hydrogens (tertiary/aromatic N) is 3. The molecule has 4 rings (SSSR count). The van der Waals surface area contributed by atoms with Crippen molar-refractivity contribution >= 4 is 33.5 Å². The molecule has 0 bridgehead atoms. The summed E-state index contributed by atoms with van der Waals surface area (Å²) in [6.45, 7) is 2.49. The average Bonchev–Trinajstić information content (AvgIpc) is 2.83. The highest BCUT2D eigenvalue weighted by molar-refractivity contribution is 6.06. The maximum Gasteiger partial charge on any atom is 0.290 e. The minimum Gasteiger partial charge on any atom is -0.267 e. The maximum absolute atomic E-state index is 12.9. The summed E-state index contributed by atoms with van der Waals surface area (Å²) < 4.78 is 1.32.